The van der Waals surface area contributed by atoms with Crippen LogP contribution in [0.15, 0.2) is 54.6 Å². The van der Waals surface area contributed by atoms with Crippen molar-refractivity contribution in [2.75, 3.05) is 0 Å². The Kier molecular flexibility index (Phi) is 11.3. The van der Waals surface area contributed by atoms with E-state index in [0.717, 1.165) is 11.1 Å². The Hall–Kier alpha value is -4.19. The minimum Gasteiger partial charge on any atom is -0.520 e. The van der Waals surface area contributed by atoms with Crippen molar-refractivity contribution in [1.82, 2.24) is 5.32 Å². The number of carbonyl (C=O) groups is 2. The summed E-state index contributed by atoms with van der Waals surface area (Å²) in [6.07, 6.45) is 0.240. The zero-order chi connectivity index (χ0) is 22.6. The fourth-order valence-corrected chi connectivity index (χ4v) is 2.25. The molecule has 2 rings (SSSR count). The summed E-state index contributed by atoms with van der Waals surface area (Å²) >= 11 is 0. The van der Waals surface area contributed by atoms with Crippen LogP contribution >= 0.6 is 0 Å². The molecule has 0 spiro atoms. The van der Waals surface area contributed by atoms with E-state index in [4.69, 9.17) is 4.74 Å². The minimum absolute atomic E-state index is 0. The number of aliphatic hydroxyl groups excluding tert-OH is 1. The van der Waals surface area contributed by atoms with E-state index in [0.29, 0.717) is 12.0 Å². The normalized spacial score (nSPS) is 12.0. The third kappa shape index (κ3) is 10.2. The van der Waals surface area contributed by atoms with Gasteiger partial charge >= 0.3 is 5.97 Å². The largest absolute Gasteiger partial charge is 0.520 e. The van der Waals surface area contributed by atoms with Gasteiger partial charge < -0.3 is 24.7 Å². The van der Waals surface area contributed by atoms with Gasteiger partial charge in [-0.15, -0.1) is 0 Å². The molecule has 0 saturated carbocycles. The SMILES string of the molecule is CC(C)(C)OC=O.Cc1ccc(C(O)C(N[C-]=O)C(=O)OCc2ccccc2)cc1.[Fm]. The zero-order valence-corrected chi connectivity index (χ0v) is 20.3. The summed E-state index contributed by atoms with van der Waals surface area (Å²) in [5.41, 5.74) is 2.04. The molecule has 0 aromatic heterocycles. The number of amides is 1. The first-order valence-electron chi connectivity index (χ1n) is 9.37. The van der Waals surface area contributed by atoms with E-state index in [1.807, 2.05) is 70.2 Å². The molecule has 8 heteroatoms. The summed E-state index contributed by atoms with van der Waals surface area (Å²) in [4.78, 5) is 32.4. The van der Waals surface area contributed by atoms with Crippen molar-refractivity contribution in [2.45, 2.75) is 52.0 Å². The standard InChI is InChI=1S/C18H18NO4.C5H10O2.Fm/c1-13-7-9-15(10-8-13)17(21)16(19-12-20)18(22)23-11-14-5-3-2-4-6-14;1-5(2,3)7-4-6;/h2-10,16-17,21H,11H2,1H3,(H,19,20);4H,1-3H3;/q-1;;. The van der Waals surface area contributed by atoms with Crippen molar-refractivity contribution in [3.05, 3.63) is 71.3 Å². The summed E-state index contributed by atoms with van der Waals surface area (Å²) in [7, 11) is 0. The Morgan fingerprint density at radius 1 is 1.13 bits per heavy atom. The number of aliphatic hydroxyl groups is 1. The molecule has 1 amide bonds. The molecule has 0 aliphatic heterocycles. The van der Waals surface area contributed by atoms with Crippen molar-refractivity contribution in [2.24, 2.45) is 0 Å². The molecule has 2 aromatic rings. The predicted molar refractivity (Wildman–Crippen MR) is 112 cm³/mol. The van der Waals surface area contributed by atoms with Crippen LogP contribution in [-0.4, -0.2) is 35.6 Å². The first-order valence-corrected chi connectivity index (χ1v) is 9.37. The van der Waals surface area contributed by atoms with E-state index >= 15 is 0 Å². The van der Waals surface area contributed by atoms with E-state index in [9.17, 15) is 19.5 Å². The number of aryl methyl sites for hydroxylation is 1. The molecule has 2 atom stereocenters. The molecule has 31 heavy (non-hydrogen) atoms. The predicted octanol–water partition coefficient (Wildman–Crippen LogP) is 2.76. The maximum atomic E-state index is 12.2. The number of hydrogen-bond donors (Lipinski definition) is 2. The van der Waals surface area contributed by atoms with Gasteiger partial charge in [0.2, 0.25) is 0 Å². The smallest absolute Gasteiger partial charge is 0.329 e. The Balaban J connectivity index is 0.000000975. The van der Waals surface area contributed by atoms with E-state index in [-0.39, 0.29) is 12.2 Å². The van der Waals surface area contributed by atoms with Crippen molar-refractivity contribution < 1.29 is 29.0 Å². The number of hydrogen-bond acceptors (Lipinski definition) is 6. The summed E-state index contributed by atoms with van der Waals surface area (Å²) < 4.78 is 9.72. The summed E-state index contributed by atoms with van der Waals surface area (Å²) in [6, 6.07) is 15.0. The quantitative estimate of drug-likeness (QED) is 0.194. The van der Waals surface area contributed by atoms with E-state index in [1.54, 1.807) is 12.1 Å². The fourth-order valence-electron chi connectivity index (χ4n) is 2.25. The van der Waals surface area contributed by atoms with Crippen LogP contribution in [0.1, 0.15) is 43.6 Å². The molecule has 0 saturated heterocycles. The fraction of sp³-hybridized carbons (Fsp3) is 0.348. The topological polar surface area (TPSA) is 102 Å². The van der Waals surface area contributed by atoms with Gasteiger partial charge in [0.25, 0.3) is 6.47 Å². The van der Waals surface area contributed by atoms with Crippen LogP contribution in [0, 0.1) is 6.92 Å². The second kappa shape index (κ2) is 13.1. The van der Waals surface area contributed by atoms with Crippen LogP contribution in [-0.2, 0) is 30.5 Å². The number of ether oxygens (including phenoxy) is 2. The second-order valence-corrected chi connectivity index (χ2v) is 7.50. The van der Waals surface area contributed by atoms with Gasteiger partial charge in [0.05, 0.1) is 0 Å². The number of nitrogens with one attached hydrogen (secondary N) is 1. The number of carbonyl (C=O) groups excluding carboxylic acids is 3. The molecule has 2 N–H and O–H groups in total. The molecular weight excluding hydrogens is 643 g/mol. The minimum atomic E-state index is -1.21. The van der Waals surface area contributed by atoms with Crippen LogP contribution in [0.3, 0.4) is 0 Å². The summed E-state index contributed by atoms with van der Waals surface area (Å²) in [5, 5.41) is 12.5. The Bertz CT molecular complexity index is 790. The molecular formula is C23H28FmNO6-. The van der Waals surface area contributed by atoms with Crippen molar-refractivity contribution in [3.8, 4) is 0 Å². The third-order valence-electron chi connectivity index (χ3n) is 3.83. The monoisotopic (exact) mass is 671 g/mol. The molecule has 0 fully saturated rings. The summed E-state index contributed by atoms with van der Waals surface area (Å²) in [5.74, 6) is -0.717. The van der Waals surface area contributed by atoms with Crippen molar-refractivity contribution >= 4 is 18.9 Å². The van der Waals surface area contributed by atoms with Gasteiger partial charge in [0.1, 0.15) is 24.4 Å². The van der Waals surface area contributed by atoms with Gasteiger partial charge in [-0.1, -0.05) is 60.2 Å². The van der Waals surface area contributed by atoms with Crippen LogP contribution in [0.4, 0.5) is 0 Å². The molecule has 0 aliphatic carbocycles. The van der Waals surface area contributed by atoms with Crippen LogP contribution < -0.4 is 5.32 Å². The Labute approximate surface area is 177 Å². The third-order valence-corrected chi connectivity index (χ3v) is 3.83. The van der Waals surface area contributed by atoms with E-state index in [1.165, 1.54) is 6.41 Å². The molecule has 7 nitrogen and oxygen atoms in total. The van der Waals surface area contributed by atoms with Crippen molar-refractivity contribution in [3.63, 3.8) is 0 Å². The first-order chi connectivity index (χ1) is 14.2. The van der Waals surface area contributed by atoms with Gasteiger partial charge in [-0.05, 0) is 38.8 Å². The van der Waals surface area contributed by atoms with Gasteiger partial charge in [0.15, 0.2) is 0 Å². The van der Waals surface area contributed by atoms with E-state index < -0.39 is 18.1 Å². The van der Waals surface area contributed by atoms with Crippen molar-refractivity contribution in [1.29, 1.82) is 0 Å². The Morgan fingerprint density at radius 2 is 1.71 bits per heavy atom. The Morgan fingerprint density at radius 3 is 2.16 bits per heavy atom. The number of esters is 1. The number of rotatable bonds is 8. The molecule has 0 aliphatic rings. The molecule has 2 unspecified atom stereocenters. The second-order valence-electron chi connectivity index (χ2n) is 7.50. The van der Waals surface area contributed by atoms with Crippen LogP contribution in [0.25, 0.3) is 0 Å². The van der Waals surface area contributed by atoms with E-state index in [2.05, 4.69) is 10.1 Å². The first kappa shape index (κ1) is 26.8. The average molecular weight is 671 g/mol. The molecule has 0 heterocycles. The zero-order valence-electron chi connectivity index (χ0n) is 17.9. The molecule has 0 bridgehead atoms. The van der Waals surface area contributed by atoms with Crippen LogP contribution in [0.2, 0.25) is 0 Å². The van der Waals surface area contributed by atoms with Gasteiger partial charge in [-0.2, -0.15) is 6.41 Å². The average Bonchev–Trinajstić information content (AvgIpc) is 2.70. The molecule has 174 valence electrons. The molecule has 0 radical (unpaired) electrons. The van der Waals surface area contributed by atoms with Crippen LogP contribution in [0.5, 0.6) is 0 Å². The molecule has 2 aromatic carbocycles. The number of benzene rings is 2. The van der Waals surface area contributed by atoms with Gasteiger partial charge in [-0.25, -0.2) is 4.79 Å². The maximum absolute atomic E-state index is 12.2. The maximum Gasteiger partial charge on any atom is 0.329 e. The van der Waals surface area contributed by atoms with Gasteiger partial charge in [-0.3, -0.25) is 4.79 Å². The van der Waals surface area contributed by atoms with Gasteiger partial charge in [0, 0.05) is 0 Å². The summed E-state index contributed by atoms with van der Waals surface area (Å²) in [6.45, 7) is 7.90.